The van der Waals surface area contributed by atoms with Crippen LogP contribution >= 0.6 is 11.6 Å². The number of hydrogen-bond donors (Lipinski definition) is 1. The molecule has 3 heterocycles. The Hall–Kier alpha value is -2.11. The monoisotopic (exact) mass is 412 g/mol. The van der Waals surface area contributed by atoms with Crippen molar-refractivity contribution in [2.45, 2.75) is 39.0 Å². The Morgan fingerprint density at radius 2 is 2.03 bits per heavy atom. The van der Waals surface area contributed by atoms with Crippen LogP contribution in [0.3, 0.4) is 0 Å². The maximum atomic E-state index is 6.61. The summed E-state index contributed by atoms with van der Waals surface area (Å²) in [6.45, 7) is 5.16. The number of halogens is 1. The molecule has 154 valence electrons. The fourth-order valence-electron chi connectivity index (χ4n) is 4.07. The van der Waals surface area contributed by atoms with Gasteiger partial charge in [-0.2, -0.15) is 0 Å². The number of benzene rings is 1. The molecule has 1 aliphatic heterocycles. The van der Waals surface area contributed by atoms with E-state index in [1.807, 2.05) is 18.2 Å². The first-order valence-electron chi connectivity index (χ1n) is 10.5. The van der Waals surface area contributed by atoms with Crippen molar-refractivity contribution in [3.8, 4) is 17.3 Å². The Balaban J connectivity index is 1.35. The number of rotatable bonds is 7. The fraction of sp³-hybridized carbons (Fsp3) is 0.478. The quantitative estimate of drug-likeness (QED) is 0.522. The number of aromatic amines is 1. The SMILES string of the molecule is Cc1cccc2[nH]c(-c3ccnc(OCCCCC4CCN(C)CC4)c3Cl)nc12. The lowest BCUT2D eigenvalue weighted by Gasteiger charge is -2.28. The third kappa shape index (κ3) is 4.73. The summed E-state index contributed by atoms with van der Waals surface area (Å²) in [6, 6.07) is 7.98. The number of unbranched alkanes of at least 4 members (excludes halogenated alkanes) is 1. The van der Waals surface area contributed by atoms with Gasteiger partial charge in [0.25, 0.3) is 0 Å². The zero-order valence-corrected chi connectivity index (χ0v) is 18.0. The molecule has 1 aromatic carbocycles. The number of pyridine rings is 1. The van der Waals surface area contributed by atoms with Crippen LogP contribution in [0.15, 0.2) is 30.5 Å². The van der Waals surface area contributed by atoms with Crippen LogP contribution in [0.1, 0.15) is 37.7 Å². The lowest BCUT2D eigenvalue weighted by molar-refractivity contribution is 0.205. The average Bonchev–Trinajstić information content (AvgIpc) is 3.16. The third-order valence-corrected chi connectivity index (χ3v) is 6.28. The van der Waals surface area contributed by atoms with E-state index in [1.165, 1.54) is 38.8 Å². The van der Waals surface area contributed by atoms with Crippen LogP contribution in [0, 0.1) is 12.8 Å². The number of nitrogens with zero attached hydrogens (tertiary/aromatic N) is 3. The Morgan fingerprint density at radius 1 is 1.21 bits per heavy atom. The molecular weight excluding hydrogens is 384 g/mol. The molecule has 2 aromatic heterocycles. The smallest absolute Gasteiger partial charge is 0.233 e. The summed E-state index contributed by atoms with van der Waals surface area (Å²) in [6.07, 6.45) is 7.88. The first-order valence-corrected chi connectivity index (χ1v) is 10.9. The normalized spacial score (nSPS) is 15.8. The van der Waals surface area contributed by atoms with Gasteiger partial charge < -0.3 is 14.6 Å². The molecule has 0 spiro atoms. The Morgan fingerprint density at radius 3 is 2.83 bits per heavy atom. The molecule has 6 heteroatoms. The second-order valence-corrected chi connectivity index (χ2v) is 8.50. The molecule has 0 atom stereocenters. The molecule has 3 aromatic rings. The van der Waals surface area contributed by atoms with Crippen LogP contribution in [0.25, 0.3) is 22.4 Å². The van der Waals surface area contributed by atoms with Crippen molar-refractivity contribution in [1.29, 1.82) is 0 Å². The fourth-order valence-corrected chi connectivity index (χ4v) is 4.32. The summed E-state index contributed by atoms with van der Waals surface area (Å²) in [5.74, 6) is 2.10. The first-order chi connectivity index (χ1) is 14.1. The van der Waals surface area contributed by atoms with Gasteiger partial charge in [0.2, 0.25) is 5.88 Å². The highest BCUT2D eigenvalue weighted by molar-refractivity contribution is 6.34. The van der Waals surface area contributed by atoms with Gasteiger partial charge in [-0.1, -0.05) is 30.2 Å². The number of para-hydroxylation sites is 1. The Kier molecular flexibility index (Phi) is 6.36. The summed E-state index contributed by atoms with van der Waals surface area (Å²) < 4.78 is 5.91. The van der Waals surface area contributed by atoms with Gasteiger partial charge in [-0.15, -0.1) is 0 Å². The van der Waals surface area contributed by atoms with Gasteiger partial charge in [-0.05, 0) is 76.4 Å². The van der Waals surface area contributed by atoms with E-state index in [0.717, 1.165) is 40.3 Å². The Labute approximate surface area is 177 Å². The van der Waals surface area contributed by atoms with Crippen molar-refractivity contribution in [2.75, 3.05) is 26.7 Å². The molecule has 0 unspecified atom stereocenters. The Bertz CT molecular complexity index is 963. The van der Waals surface area contributed by atoms with Gasteiger partial charge in [-0.25, -0.2) is 9.97 Å². The molecule has 1 saturated heterocycles. The highest BCUT2D eigenvalue weighted by Gasteiger charge is 2.17. The average molecular weight is 413 g/mol. The number of piperidine rings is 1. The predicted molar refractivity (Wildman–Crippen MR) is 119 cm³/mol. The number of fused-ring (bicyclic) bond motifs is 1. The summed E-state index contributed by atoms with van der Waals surface area (Å²) in [5, 5.41) is 0.513. The standard InChI is InChI=1S/C23H29ClN4O/c1-16-6-5-8-19-21(16)27-22(26-19)18-9-12-25-23(20(18)24)29-15-4-3-7-17-10-13-28(2)14-11-17/h5-6,8-9,12,17H,3-4,7,10-11,13-15H2,1-2H3,(H,26,27). The van der Waals surface area contributed by atoms with Crippen LogP contribution in [0.2, 0.25) is 5.02 Å². The molecule has 0 amide bonds. The number of aryl methyl sites for hydroxylation is 1. The summed E-state index contributed by atoms with van der Waals surface area (Å²) >= 11 is 6.61. The number of nitrogens with one attached hydrogen (secondary N) is 1. The minimum atomic E-state index is 0.487. The first kappa shape index (κ1) is 20.2. The number of likely N-dealkylation sites (tertiary alicyclic amines) is 1. The second kappa shape index (κ2) is 9.14. The topological polar surface area (TPSA) is 54.0 Å². The van der Waals surface area contributed by atoms with E-state index < -0.39 is 0 Å². The summed E-state index contributed by atoms with van der Waals surface area (Å²) in [5.41, 5.74) is 3.92. The second-order valence-electron chi connectivity index (χ2n) is 8.13. The number of H-pyrrole nitrogens is 1. The van der Waals surface area contributed by atoms with E-state index in [-0.39, 0.29) is 0 Å². The molecule has 29 heavy (non-hydrogen) atoms. The van der Waals surface area contributed by atoms with E-state index in [0.29, 0.717) is 17.5 Å². The van der Waals surface area contributed by atoms with Gasteiger partial charge in [-0.3, -0.25) is 0 Å². The molecule has 4 rings (SSSR count). The summed E-state index contributed by atoms with van der Waals surface area (Å²) in [7, 11) is 2.21. The van der Waals surface area contributed by atoms with Crippen LogP contribution in [0.4, 0.5) is 0 Å². The lowest BCUT2D eigenvalue weighted by atomic mass is 9.92. The van der Waals surface area contributed by atoms with Crippen LogP contribution in [-0.4, -0.2) is 46.6 Å². The van der Waals surface area contributed by atoms with Crippen molar-refractivity contribution in [2.24, 2.45) is 5.92 Å². The maximum absolute atomic E-state index is 6.61. The minimum absolute atomic E-state index is 0.487. The summed E-state index contributed by atoms with van der Waals surface area (Å²) in [4.78, 5) is 14.8. The van der Waals surface area contributed by atoms with Gasteiger partial charge in [0, 0.05) is 11.8 Å². The van der Waals surface area contributed by atoms with Crippen LogP contribution < -0.4 is 4.74 Å². The van der Waals surface area contributed by atoms with Gasteiger partial charge in [0.15, 0.2) is 0 Å². The molecule has 1 N–H and O–H groups in total. The van der Waals surface area contributed by atoms with E-state index in [2.05, 4.69) is 34.9 Å². The highest BCUT2D eigenvalue weighted by atomic mass is 35.5. The number of ether oxygens (including phenoxy) is 1. The molecule has 0 radical (unpaired) electrons. The number of hydrogen-bond acceptors (Lipinski definition) is 4. The zero-order chi connectivity index (χ0) is 20.2. The van der Waals surface area contributed by atoms with Crippen molar-refractivity contribution in [3.63, 3.8) is 0 Å². The number of imidazole rings is 1. The van der Waals surface area contributed by atoms with Gasteiger partial charge >= 0.3 is 0 Å². The highest BCUT2D eigenvalue weighted by Crippen LogP contribution is 2.33. The third-order valence-electron chi connectivity index (χ3n) is 5.91. The van der Waals surface area contributed by atoms with Gasteiger partial charge in [0.1, 0.15) is 10.8 Å². The van der Waals surface area contributed by atoms with Crippen molar-refractivity contribution >= 4 is 22.6 Å². The van der Waals surface area contributed by atoms with E-state index in [9.17, 15) is 0 Å². The van der Waals surface area contributed by atoms with Crippen LogP contribution in [-0.2, 0) is 0 Å². The molecule has 0 aliphatic carbocycles. The van der Waals surface area contributed by atoms with E-state index in [1.54, 1.807) is 6.20 Å². The van der Waals surface area contributed by atoms with Gasteiger partial charge in [0.05, 0.1) is 17.6 Å². The van der Waals surface area contributed by atoms with Crippen molar-refractivity contribution in [3.05, 3.63) is 41.0 Å². The molecule has 5 nitrogen and oxygen atoms in total. The largest absolute Gasteiger partial charge is 0.477 e. The minimum Gasteiger partial charge on any atom is -0.477 e. The predicted octanol–water partition coefficient (Wildman–Crippen LogP) is 5.48. The van der Waals surface area contributed by atoms with Crippen LogP contribution in [0.5, 0.6) is 5.88 Å². The van der Waals surface area contributed by atoms with E-state index >= 15 is 0 Å². The van der Waals surface area contributed by atoms with Crippen molar-refractivity contribution in [1.82, 2.24) is 19.9 Å². The zero-order valence-electron chi connectivity index (χ0n) is 17.2. The molecule has 1 aliphatic rings. The molecule has 1 fully saturated rings. The van der Waals surface area contributed by atoms with Crippen molar-refractivity contribution < 1.29 is 4.74 Å². The van der Waals surface area contributed by atoms with E-state index in [4.69, 9.17) is 21.3 Å². The molecular formula is C23H29ClN4O. The molecule has 0 saturated carbocycles. The molecule has 0 bridgehead atoms. The lowest BCUT2D eigenvalue weighted by Crippen LogP contribution is -2.30. The maximum Gasteiger partial charge on any atom is 0.233 e. The number of aromatic nitrogens is 3.